The number of ether oxygens (including phenoxy) is 1. The van der Waals surface area contributed by atoms with Crippen LogP contribution in [0.15, 0.2) is 30.3 Å². The number of benzene rings is 1. The fraction of sp³-hybridized carbons (Fsp3) is 0.333. The molecular weight excluding hydrogens is 378 g/mol. The maximum absolute atomic E-state index is 7.50. The zero-order valence-corrected chi connectivity index (χ0v) is 15.8. The van der Waals surface area contributed by atoms with Crippen molar-refractivity contribution >= 4 is 4.50 Å². The van der Waals surface area contributed by atoms with Crippen LogP contribution < -0.4 is 0 Å². The van der Waals surface area contributed by atoms with Gasteiger partial charge in [0, 0.05) is 0 Å². The summed E-state index contributed by atoms with van der Waals surface area (Å²) in [6.07, 6.45) is 0. The standard InChI is InChI=1S/C13H17NO.5CO.Cr/c1-4-14-12(10-15-13(14,2)3)11-8-6-5-7-9-11;5*1-2;/h5-9,12H,10H2,1-3H3;;;;;;/t12-;;;;;;/m0....../s1. The molecule has 0 amide bonds. The Kier molecular flexibility index (Phi) is 26.2. The van der Waals surface area contributed by atoms with Crippen LogP contribution in [-0.4, -0.2) is 21.7 Å². The summed E-state index contributed by atoms with van der Waals surface area (Å²) in [6, 6.07) is 10.8. The van der Waals surface area contributed by atoms with Gasteiger partial charge >= 0.3 is 162 Å². The third-order valence-corrected chi connectivity index (χ3v) is 3.32. The normalized spacial score (nSPS) is 15.5. The van der Waals surface area contributed by atoms with E-state index in [-0.39, 0.29) is 5.72 Å². The Hall–Kier alpha value is -1.76. The van der Waals surface area contributed by atoms with Gasteiger partial charge in [-0.15, -0.1) is 0 Å². The van der Waals surface area contributed by atoms with Crippen molar-refractivity contribution < 1.29 is 43.8 Å². The molecule has 26 heavy (non-hydrogen) atoms. The van der Waals surface area contributed by atoms with E-state index in [1.807, 2.05) is 6.07 Å². The number of nitrogens with zero attached hydrogens (tertiary/aromatic N) is 1. The van der Waals surface area contributed by atoms with Crippen LogP contribution in [0.3, 0.4) is 0 Å². The van der Waals surface area contributed by atoms with Gasteiger partial charge in [-0.1, -0.05) is 0 Å². The van der Waals surface area contributed by atoms with Gasteiger partial charge in [0.1, 0.15) is 0 Å². The molecule has 1 atom stereocenters. The van der Waals surface area contributed by atoms with Crippen LogP contribution in [-0.2, 0) is 43.8 Å². The number of hydrogen-bond acceptors (Lipinski definition) is 2. The summed E-state index contributed by atoms with van der Waals surface area (Å²) in [7, 11) is 0. The van der Waals surface area contributed by atoms with Crippen LogP contribution >= 0.6 is 0 Å². The van der Waals surface area contributed by atoms with Crippen molar-refractivity contribution in [2.45, 2.75) is 32.5 Å². The van der Waals surface area contributed by atoms with E-state index in [9.17, 15) is 0 Å². The van der Waals surface area contributed by atoms with Gasteiger partial charge < -0.3 is 0 Å². The molecule has 1 aromatic carbocycles. The van der Waals surface area contributed by atoms with Gasteiger partial charge in [-0.3, -0.25) is 0 Å². The SMILES string of the molecule is C[C](=[Cr])N1[C@H](c2ccccc2)COC1(C)C.[C-]#[O+].[C-]#[O+].[C-]#[O+].[C-]#[O+].[C-]#[O+]. The zero-order valence-electron chi connectivity index (χ0n) is 14.5. The average Bonchev–Trinajstić information content (AvgIpc) is 3.05. The molecule has 136 valence electrons. The molecule has 7 nitrogen and oxygen atoms in total. The van der Waals surface area contributed by atoms with E-state index in [0.717, 1.165) is 6.61 Å². The first-order valence-corrected chi connectivity index (χ1v) is 7.17. The Morgan fingerprint density at radius 3 is 1.69 bits per heavy atom. The van der Waals surface area contributed by atoms with Crippen molar-refractivity contribution in [3.05, 3.63) is 69.1 Å². The third-order valence-electron chi connectivity index (χ3n) is 3.01. The molecule has 1 saturated heterocycles. The Balaban J connectivity index is -0.000000210. The molecule has 0 radical (unpaired) electrons. The Labute approximate surface area is 161 Å². The molecule has 2 rings (SSSR count). The third kappa shape index (κ3) is 11.0. The van der Waals surface area contributed by atoms with Crippen LogP contribution in [0.2, 0.25) is 0 Å². The molecule has 8 heteroatoms. The van der Waals surface area contributed by atoms with Crippen molar-refractivity contribution in [3.63, 3.8) is 0 Å². The maximum atomic E-state index is 7.50. The van der Waals surface area contributed by atoms with Crippen LogP contribution in [0.1, 0.15) is 32.4 Å². The van der Waals surface area contributed by atoms with Gasteiger partial charge in [-0.25, -0.2) is 0 Å². The molecule has 0 bridgehead atoms. The molecule has 0 spiro atoms. The minimum absolute atomic E-state index is 0.226. The summed E-state index contributed by atoms with van der Waals surface area (Å²) in [5.41, 5.74) is 1.08. The first-order chi connectivity index (χ1) is 12.5. The van der Waals surface area contributed by atoms with Gasteiger partial charge in [-0.2, -0.15) is 0 Å². The van der Waals surface area contributed by atoms with E-state index in [2.05, 4.69) is 99.0 Å². The minimum atomic E-state index is -0.226. The molecule has 1 heterocycles. The predicted octanol–water partition coefficient (Wildman–Crippen LogP) is 2.31. The summed E-state index contributed by atoms with van der Waals surface area (Å²) in [4.78, 5) is 2.31. The van der Waals surface area contributed by atoms with E-state index in [1.165, 1.54) is 10.1 Å². The Bertz CT molecular complexity index is 554. The first-order valence-electron chi connectivity index (χ1n) is 6.53. The van der Waals surface area contributed by atoms with Crippen LogP contribution in [0.4, 0.5) is 0 Å². The summed E-state index contributed by atoms with van der Waals surface area (Å²) < 4.78 is 44.5. The monoisotopic (exact) mass is 395 g/mol. The molecule has 1 aliphatic heterocycles. The molecule has 0 N–H and O–H groups in total. The van der Waals surface area contributed by atoms with E-state index < -0.39 is 0 Å². The van der Waals surface area contributed by atoms with Gasteiger partial charge in [0.15, 0.2) is 0 Å². The topological polar surface area (TPSA) is 112 Å². The first kappa shape index (κ1) is 32.0. The van der Waals surface area contributed by atoms with Crippen molar-refractivity contribution in [2.75, 3.05) is 6.61 Å². The number of rotatable bonds is 2. The summed E-state index contributed by atoms with van der Waals surface area (Å²) in [5.74, 6) is 0. The fourth-order valence-corrected chi connectivity index (χ4v) is 2.86. The molecular formula is C18H17CrNO6. The Morgan fingerprint density at radius 1 is 0.962 bits per heavy atom. The molecule has 1 aromatic rings. The van der Waals surface area contributed by atoms with Crippen LogP contribution in [0.25, 0.3) is 0 Å². The predicted molar refractivity (Wildman–Crippen MR) is 81.4 cm³/mol. The van der Waals surface area contributed by atoms with Gasteiger partial charge in [0.05, 0.1) is 0 Å². The molecule has 0 aliphatic carbocycles. The summed E-state index contributed by atoms with van der Waals surface area (Å²) >= 11 is 3.10. The van der Waals surface area contributed by atoms with E-state index >= 15 is 0 Å². The van der Waals surface area contributed by atoms with Gasteiger partial charge in [0.2, 0.25) is 0 Å². The van der Waals surface area contributed by atoms with Crippen molar-refractivity contribution in [1.29, 1.82) is 0 Å². The van der Waals surface area contributed by atoms with Gasteiger partial charge in [-0.05, 0) is 0 Å². The average molecular weight is 395 g/mol. The van der Waals surface area contributed by atoms with E-state index in [1.54, 1.807) is 0 Å². The fourth-order valence-electron chi connectivity index (χ4n) is 2.32. The van der Waals surface area contributed by atoms with E-state index in [0.29, 0.717) is 6.04 Å². The molecule has 0 unspecified atom stereocenters. The van der Waals surface area contributed by atoms with E-state index in [4.69, 9.17) is 28.0 Å². The number of hydrogen-bond donors (Lipinski definition) is 0. The van der Waals surface area contributed by atoms with Gasteiger partial charge in [0.25, 0.3) is 0 Å². The van der Waals surface area contributed by atoms with Crippen molar-refractivity contribution in [1.82, 2.24) is 4.90 Å². The Morgan fingerprint density at radius 2 is 1.35 bits per heavy atom. The molecule has 1 fully saturated rings. The van der Waals surface area contributed by atoms with Crippen LogP contribution in [0.5, 0.6) is 0 Å². The van der Waals surface area contributed by atoms with Crippen molar-refractivity contribution in [2.24, 2.45) is 0 Å². The quantitative estimate of drug-likeness (QED) is 0.565. The van der Waals surface area contributed by atoms with Crippen LogP contribution in [0, 0.1) is 33.3 Å². The zero-order chi connectivity index (χ0) is 21.8. The molecule has 0 aromatic heterocycles. The molecule has 0 saturated carbocycles. The molecule has 1 aliphatic rings. The van der Waals surface area contributed by atoms with Crippen molar-refractivity contribution in [3.8, 4) is 0 Å². The summed E-state index contributed by atoms with van der Waals surface area (Å²) in [6.45, 7) is 29.6. The second-order valence-electron chi connectivity index (χ2n) is 4.57. The second-order valence-corrected chi connectivity index (χ2v) is 5.50. The summed E-state index contributed by atoms with van der Waals surface area (Å²) in [5, 5.41) is 0. The second kappa shape index (κ2) is 21.3.